The molecule has 2 atom stereocenters. The second-order valence-electron chi connectivity index (χ2n) is 8.23. The van der Waals surface area contributed by atoms with Crippen molar-refractivity contribution >= 4 is 45.9 Å². The zero-order chi connectivity index (χ0) is 24.7. The normalized spacial score (nSPS) is 19.3. The van der Waals surface area contributed by atoms with E-state index in [1.807, 2.05) is 11.0 Å². The van der Waals surface area contributed by atoms with Crippen molar-refractivity contribution in [3.05, 3.63) is 54.1 Å². The zero-order valence-electron chi connectivity index (χ0n) is 18.3. The number of amides is 1. The van der Waals surface area contributed by atoms with Gasteiger partial charge < -0.3 is 19.9 Å². The van der Waals surface area contributed by atoms with Crippen LogP contribution in [0.2, 0.25) is 5.02 Å². The predicted molar refractivity (Wildman–Crippen MR) is 125 cm³/mol. The highest BCUT2D eigenvalue weighted by Crippen LogP contribution is 2.36. The Balaban J connectivity index is 1.45. The number of anilines is 3. The molecular weight excluding hydrogens is 485 g/mol. The molecule has 3 aromatic rings. The van der Waals surface area contributed by atoms with Gasteiger partial charge in [0.1, 0.15) is 28.4 Å². The first-order valence-corrected chi connectivity index (χ1v) is 11.2. The van der Waals surface area contributed by atoms with Gasteiger partial charge in [0.25, 0.3) is 0 Å². The van der Waals surface area contributed by atoms with Gasteiger partial charge >= 0.3 is 6.61 Å². The van der Waals surface area contributed by atoms with E-state index >= 15 is 0 Å². The monoisotopic (exact) mass is 504 g/mol. The summed E-state index contributed by atoms with van der Waals surface area (Å²) in [6.07, 6.45) is 4.49. The topological polar surface area (TPSA) is 83.5 Å². The average molecular weight is 505 g/mol. The van der Waals surface area contributed by atoms with E-state index in [1.165, 1.54) is 18.5 Å². The van der Waals surface area contributed by atoms with E-state index in [1.54, 1.807) is 6.07 Å². The van der Waals surface area contributed by atoms with Crippen molar-refractivity contribution < 1.29 is 22.7 Å². The van der Waals surface area contributed by atoms with Crippen molar-refractivity contribution in [2.45, 2.75) is 31.5 Å². The minimum Gasteiger partial charge on any atom is -0.433 e. The molecule has 3 saturated heterocycles. The molecule has 3 aliphatic rings. The maximum Gasteiger partial charge on any atom is 0.387 e. The molecule has 0 radical (unpaired) electrons. The summed E-state index contributed by atoms with van der Waals surface area (Å²) in [4.78, 5) is 29.4. The highest BCUT2D eigenvalue weighted by Gasteiger charge is 2.41. The van der Waals surface area contributed by atoms with Crippen molar-refractivity contribution in [1.82, 2.24) is 19.9 Å². The molecule has 1 amide bonds. The van der Waals surface area contributed by atoms with Crippen LogP contribution >= 0.6 is 11.6 Å². The number of nitrogens with one attached hydrogen (secondary N) is 1. The molecule has 8 nitrogen and oxygen atoms in total. The summed E-state index contributed by atoms with van der Waals surface area (Å²) in [7, 11) is 0. The van der Waals surface area contributed by atoms with E-state index in [0.717, 1.165) is 18.9 Å². The minimum absolute atomic E-state index is 0.0674. The lowest BCUT2D eigenvalue weighted by Gasteiger charge is -2.51. The van der Waals surface area contributed by atoms with Crippen molar-refractivity contribution in [2.24, 2.45) is 0 Å². The summed E-state index contributed by atoms with van der Waals surface area (Å²) < 4.78 is 44.0. The van der Waals surface area contributed by atoms with Gasteiger partial charge in [0.15, 0.2) is 11.6 Å². The van der Waals surface area contributed by atoms with Gasteiger partial charge in [0.05, 0.1) is 11.2 Å². The Labute approximate surface area is 203 Å². The van der Waals surface area contributed by atoms with Crippen LogP contribution in [-0.2, 0) is 4.79 Å². The van der Waals surface area contributed by atoms with E-state index in [0.29, 0.717) is 29.9 Å². The fourth-order valence-corrected chi connectivity index (χ4v) is 4.83. The van der Waals surface area contributed by atoms with E-state index in [-0.39, 0.29) is 29.5 Å². The van der Waals surface area contributed by atoms with Crippen LogP contribution in [0.3, 0.4) is 0 Å². The number of benzene rings is 1. The van der Waals surface area contributed by atoms with Crippen LogP contribution in [0.1, 0.15) is 12.8 Å². The molecule has 2 aromatic heterocycles. The second-order valence-corrected chi connectivity index (χ2v) is 8.61. The number of piperazine rings is 1. The first kappa shape index (κ1) is 23.2. The van der Waals surface area contributed by atoms with Crippen LogP contribution < -0.4 is 15.0 Å². The molecular formula is C23H20ClF3N6O2. The number of alkyl halides is 2. The molecule has 5 heterocycles. The minimum atomic E-state index is -3.13. The maximum absolute atomic E-state index is 14.8. The summed E-state index contributed by atoms with van der Waals surface area (Å²) >= 11 is 5.87. The van der Waals surface area contributed by atoms with Gasteiger partial charge in [-0.2, -0.15) is 8.78 Å². The van der Waals surface area contributed by atoms with Crippen molar-refractivity contribution in [3.63, 3.8) is 0 Å². The number of hydrogen-bond acceptors (Lipinski definition) is 7. The lowest BCUT2D eigenvalue weighted by Crippen LogP contribution is -2.64. The largest absolute Gasteiger partial charge is 0.433 e. The van der Waals surface area contributed by atoms with Crippen LogP contribution in [0.4, 0.5) is 30.5 Å². The maximum atomic E-state index is 14.8. The summed E-state index contributed by atoms with van der Waals surface area (Å²) in [6, 6.07) is 6.19. The highest BCUT2D eigenvalue weighted by molar-refractivity contribution is 6.32. The third-order valence-corrected chi connectivity index (χ3v) is 6.62. The molecule has 12 heteroatoms. The highest BCUT2D eigenvalue weighted by atomic mass is 35.5. The van der Waals surface area contributed by atoms with Crippen LogP contribution in [0, 0.1) is 5.82 Å². The first-order valence-electron chi connectivity index (χ1n) is 10.9. The number of halogens is 4. The molecule has 6 rings (SSSR count). The smallest absolute Gasteiger partial charge is 0.387 e. The first-order chi connectivity index (χ1) is 16.9. The summed E-state index contributed by atoms with van der Waals surface area (Å²) in [6.45, 7) is 1.68. The molecule has 3 aliphatic heterocycles. The number of aromatic nitrogens is 3. The van der Waals surface area contributed by atoms with Crippen molar-refractivity contribution in [3.8, 4) is 5.75 Å². The lowest BCUT2D eigenvalue weighted by atomic mass is 9.90. The van der Waals surface area contributed by atoms with Crippen LogP contribution in [0.15, 0.2) is 43.2 Å². The van der Waals surface area contributed by atoms with E-state index in [9.17, 15) is 18.0 Å². The number of nitrogens with zero attached hydrogens (tertiary/aromatic N) is 5. The Morgan fingerprint density at radius 1 is 1.20 bits per heavy atom. The standard InChI is InChI=1S/C23H20ClF3N6O2/c1-2-18(34)33-10-12-3-4-13(33)9-32(12)17-8-6-15-21(31-17)22(29-11-28-15)30-14-5-7-16(35-23(26)27)19(24)20(14)25/h2,5-8,11-13,23H,1,3-4,9-10H2,(H,28,29,30)/t12-,13-/m1/s1. The Kier molecular flexibility index (Phi) is 6.10. The fraction of sp³-hybridized carbons (Fsp3) is 0.304. The van der Waals surface area contributed by atoms with Gasteiger partial charge in [-0.05, 0) is 43.2 Å². The second kappa shape index (κ2) is 9.21. The molecule has 0 unspecified atom stereocenters. The molecule has 0 aliphatic carbocycles. The Hall–Kier alpha value is -3.60. The molecule has 1 N–H and O–H groups in total. The van der Waals surface area contributed by atoms with Crippen LogP contribution in [0.25, 0.3) is 11.0 Å². The van der Waals surface area contributed by atoms with Gasteiger partial charge in [-0.15, -0.1) is 0 Å². The van der Waals surface area contributed by atoms with Gasteiger partial charge in [-0.1, -0.05) is 18.2 Å². The SMILES string of the molecule is C=CC(=O)N1C[C@H]2CC[C@@H]1CN2c1ccc2ncnc(Nc3ccc(OC(F)F)c(Cl)c3F)c2n1. The average Bonchev–Trinajstić information content (AvgIpc) is 2.87. The van der Waals surface area contributed by atoms with Gasteiger partial charge in [-0.3, -0.25) is 4.79 Å². The van der Waals surface area contributed by atoms with Gasteiger partial charge in [0.2, 0.25) is 5.91 Å². The summed E-state index contributed by atoms with van der Waals surface area (Å²) in [5, 5.41) is 2.25. The quantitative estimate of drug-likeness (QED) is 0.494. The molecule has 3 fully saturated rings. The Morgan fingerprint density at radius 2 is 2.00 bits per heavy atom. The van der Waals surface area contributed by atoms with Crippen LogP contribution in [0.5, 0.6) is 5.75 Å². The number of rotatable bonds is 6. The lowest BCUT2D eigenvalue weighted by molar-refractivity contribution is -0.131. The third kappa shape index (κ3) is 4.31. The van der Waals surface area contributed by atoms with E-state index in [2.05, 4.69) is 31.5 Å². The number of carbonyl (C=O) groups excluding carboxylic acids is 1. The molecule has 0 saturated carbocycles. The van der Waals surface area contributed by atoms with Crippen LogP contribution in [-0.4, -0.2) is 57.5 Å². The van der Waals surface area contributed by atoms with Gasteiger partial charge in [0, 0.05) is 25.2 Å². The zero-order valence-corrected chi connectivity index (χ0v) is 19.1. The number of fused-ring (bicyclic) bond motifs is 4. The van der Waals surface area contributed by atoms with E-state index < -0.39 is 23.2 Å². The molecule has 2 bridgehead atoms. The predicted octanol–water partition coefficient (Wildman–Crippen LogP) is 4.53. The van der Waals surface area contributed by atoms with Crippen molar-refractivity contribution in [1.29, 1.82) is 0 Å². The van der Waals surface area contributed by atoms with Gasteiger partial charge in [-0.25, -0.2) is 19.3 Å². The molecule has 1 aromatic carbocycles. The summed E-state index contributed by atoms with van der Waals surface area (Å²) in [5.41, 5.74) is 0.842. The fourth-order valence-electron chi connectivity index (χ4n) is 4.62. The number of ether oxygens (including phenoxy) is 1. The molecule has 0 spiro atoms. The number of carbonyl (C=O) groups is 1. The van der Waals surface area contributed by atoms with E-state index in [4.69, 9.17) is 16.6 Å². The van der Waals surface area contributed by atoms with Crippen molar-refractivity contribution in [2.75, 3.05) is 23.3 Å². The molecule has 182 valence electrons. The summed E-state index contributed by atoms with van der Waals surface area (Å²) in [5.74, 6) is -0.596. The number of hydrogen-bond donors (Lipinski definition) is 1. The molecule has 35 heavy (non-hydrogen) atoms. The Bertz CT molecular complexity index is 1310. The third-order valence-electron chi connectivity index (χ3n) is 6.26. The number of piperidine rings is 2. The number of pyridine rings is 1. The Morgan fingerprint density at radius 3 is 2.71 bits per heavy atom.